The van der Waals surface area contributed by atoms with E-state index in [1.165, 1.54) is 89.5 Å². The van der Waals surface area contributed by atoms with Crippen LogP contribution >= 0.6 is 0 Å². The molecule has 0 heterocycles. The molecule has 0 fully saturated rings. The fraction of sp³-hybridized carbons (Fsp3) is 0.852. The first-order chi connectivity index (χ1) is 16.8. The van der Waals surface area contributed by atoms with E-state index < -0.39 is 33.7 Å². The number of carbonyl (C=O) groups excluding carboxylic acids is 2. The van der Waals surface area contributed by atoms with Gasteiger partial charge in [-0.15, -0.1) is 6.58 Å². The van der Waals surface area contributed by atoms with Crippen molar-refractivity contribution < 1.29 is 61.6 Å². The molecule has 0 amide bonds. The summed E-state index contributed by atoms with van der Waals surface area (Å²) < 4.78 is 43.8. The van der Waals surface area contributed by atoms with Gasteiger partial charge in [0, 0.05) is 0 Å². The van der Waals surface area contributed by atoms with Gasteiger partial charge in [-0.3, -0.25) is 9.59 Å². The SMILES string of the molecule is C=CCCOC(=O)CC(C(=O)OCCCCCCCCCCCCCCCCCCC)S(=O)(=O)[O-].[Na+]. The smallest absolute Gasteiger partial charge is 0.747 e. The van der Waals surface area contributed by atoms with Crippen LogP contribution in [0.3, 0.4) is 0 Å². The van der Waals surface area contributed by atoms with Gasteiger partial charge < -0.3 is 14.0 Å². The molecule has 0 aromatic heterocycles. The van der Waals surface area contributed by atoms with Crippen molar-refractivity contribution in [3.8, 4) is 0 Å². The average molecular weight is 541 g/mol. The molecule has 0 radical (unpaired) electrons. The maximum Gasteiger partial charge on any atom is 1.00 e. The zero-order chi connectivity index (χ0) is 26.2. The molecule has 0 aromatic rings. The number of hydrogen-bond acceptors (Lipinski definition) is 7. The molecular formula is C27H49NaO7S. The predicted molar refractivity (Wildman–Crippen MR) is 139 cm³/mol. The fourth-order valence-corrected chi connectivity index (χ4v) is 4.51. The fourth-order valence-electron chi connectivity index (χ4n) is 3.86. The Balaban J connectivity index is 0. The Morgan fingerprint density at radius 3 is 1.56 bits per heavy atom. The van der Waals surface area contributed by atoms with Crippen molar-refractivity contribution in [2.24, 2.45) is 0 Å². The first-order valence-corrected chi connectivity index (χ1v) is 15.2. The number of rotatable bonds is 25. The van der Waals surface area contributed by atoms with Gasteiger partial charge in [0.25, 0.3) is 0 Å². The Bertz CT molecular complexity index is 653. The van der Waals surface area contributed by atoms with Crippen molar-refractivity contribution in [3.63, 3.8) is 0 Å². The van der Waals surface area contributed by atoms with Gasteiger partial charge in [0.1, 0.15) is 10.1 Å². The molecule has 0 spiro atoms. The second-order valence-corrected chi connectivity index (χ2v) is 10.9. The van der Waals surface area contributed by atoms with Crippen LogP contribution in [-0.4, -0.2) is 43.4 Å². The number of ether oxygens (including phenoxy) is 2. The largest absolute Gasteiger partial charge is 1.00 e. The molecule has 206 valence electrons. The molecule has 0 rings (SSSR count). The van der Waals surface area contributed by atoms with Crippen molar-refractivity contribution in [2.75, 3.05) is 13.2 Å². The van der Waals surface area contributed by atoms with Crippen LogP contribution in [0.5, 0.6) is 0 Å². The van der Waals surface area contributed by atoms with E-state index in [0.29, 0.717) is 12.8 Å². The summed E-state index contributed by atoms with van der Waals surface area (Å²) in [7, 11) is -5.01. The third-order valence-corrected chi connectivity index (χ3v) is 7.10. The van der Waals surface area contributed by atoms with Gasteiger partial charge in [0.15, 0.2) is 5.25 Å². The molecule has 36 heavy (non-hydrogen) atoms. The molecule has 0 saturated carbocycles. The Morgan fingerprint density at radius 2 is 1.17 bits per heavy atom. The minimum atomic E-state index is -5.01. The van der Waals surface area contributed by atoms with Crippen LogP contribution in [-0.2, 0) is 29.2 Å². The van der Waals surface area contributed by atoms with Crippen LogP contribution in [0.25, 0.3) is 0 Å². The Morgan fingerprint density at radius 1 is 0.750 bits per heavy atom. The molecule has 0 aromatic carbocycles. The van der Waals surface area contributed by atoms with Gasteiger partial charge in [-0.1, -0.05) is 116 Å². The van der Waals surface area contributed by atoms with Crippen LogP contribution < -0.4 is 29.6 Å². The molecule has 7 nitrogen and oxygen atoms in total. The van der Waals surface area contributed by atoms with Gasteiger partial charge in [-0.2, -0.15) is 0 Å². The summed E-state index contributed by atoms with van der Waals surface area (Å²) in [5.41, 5.74) is 0. The first kappa shape index (κ1) is 37.7. The average Bonchev–Trinajstić information content (AvgIpc) is 2.81. The van der Waals surface area contributed by atoms with Gasteiger partial charge >= 0.3 is 41.5 Å². The second-order valence-electron chi connectivity index (χ2n) is 9.31. The summed E-state index contributed by atoms with van der Waals surface area (Å²) >= 11 is 0. The molecular weight excluding hydrogens is 491 g/mol. The Hall–Kier alpha value is -0.410. The molecule has 0 aliphatic rings. The summed E-state index contributed by atoms with van der Waals surface area (Å²) in [4.78, 5) is 23.7. The second kappa shape index (κ2) is 26.2. The van der Waals surface area contributed by atoms with Gasteiger partial charge in [-0.25, -0.2) is 8.42 Å². The molecule has 0 aliphatic carbocycles. The Kier molecular flexibility index (Phi) is 27.5. The molecule has 0 aliphatic heterocycles. The Labute approximate surface area is 242 Å². The van der Waals surface area contributed by atoms with Crippen LogP contribution in [0.1, 0.15) is 129 Å². The summed E-state index contributed by atoms with van der Waals surface area (Å²) in [6.45, 7) is 5.78. The summed E-state index contributed by atoms with van der Waals surface area (Å²) in [5, 5.41) is -2.07. The zero-order valence-electron chi connectivity index (χ0n) is 23.0. The summed E-state index contributed by atoms with van der Waals surface area (Å²) in [5.74, 6) is -2.11. The standard InChI is InChI=1S/C27H50O7S.Na/c1-3-5-7-8-9-10-11-12-13-14-15-16-17-18-19-20-21-23-34-27(29)25(35(30,31)32)24-26(28)33-22-6-4-2;/h4,25H,2-3,5-24H2,1H3,(H,30,31,32);/q;+1/p-1. The molecule has 0 bridgehead atoms. The van der Waals surface area contributed by atoms with E-state index in [2.05, 4.69) is 13.5 Å². The van der Waals surface area contributed by atoms with Crippen molar-refractivity contribution in [1.82, 2.24) is 0 Å². The van der Waals surface area contributed by atoms with E-state index in [1.807, 2.05) is 0 Å². The van der Waals surface area contributed by atoms with E-state index >= 15 is 0 Å². The van der Waals surface area contributed by atoms with Gasteiger partial charge in [-0.05, 0) is 12.8 Å². The number of esters is 2. The predicted octanol–water partition coefficient (Wildman–Crippen LogP) is 3.61. The first-order valence-electron chi connectivity index (χ1n) is 13.7. The third-order valence-electron chi connectivity index (χ3n) is 6.04. The number of hydrogen-bond donors (Lipinski definition) is 0. The molecule has 9 heteroatoms. The maximum atomic E-state index is 12.0. The van der Waals surface area contributed by atoms with E-state index in [0.717, 1.165) is 19.3 Å². The monoisotopic (exact) mass is 540 g/mol. The number of carbonyl (C=O) groups is 2. The maximum absolute atomic E-state index is 12.0. The van der Waals surface area contributed by atoms with E-state index in [4.69, 9.17) is 9.47 Å². The molecule has 0 N–H and O–H groups in total. The van der Waals surface area contributed by atoms with Crippen molar-refractivity contribution in [3.05, 3.63) is 12.7 Å². The normalized spacial score (nSPS) is 11.9. The van der Waals surface area contributed by atoms with Crippen molar-refractivity contribution in [1.29, 1.82) is 0 Å². The van der Waals surface area contributed by atoms with Crippen LogP contribution in [0, 0.1) is 0 Å². The minimum absolute atomic E-state index is 0. The van der Waals surface area contributed by atoms with Crippen LogP contribution in [0.4, 0.5) is 0 Å². The van der Waals surface area contributed by atoms with Gasteiger partial charge in [0.05, 0.1) is 19.6 Å². The molecule has 0 saturated heterocycles. The van der Waals surface area contributed by atoms with E-state index in [9.17, 15) is 22.6 Å². The topological polar surface area (TPSA) is 110 Å². The molecule has 1 unspecified atom stereocenters. The quantitative estimate of drug-likeness (QED) is 0.0572. The molecule has 1 atom stereocenters. The minimum Gasteiger partial charge on any atom is -0.747 e. The summed E-state index contributed by atoms with van der Waals surface area (Å²) in [6, 6.07) is 0. The van der Waals surface area contributed by atoms with Crippen molar-refractivity contribution in [2.45, 2.75) is 134 Å². The van der Waals surface area contributed by atoms with E-state index in [1.54, 1.807) is 0 Å². The van der Waals surface area contributed by atoms with Crippen LogP contribution in [0.15, 0.2) is 12.7 Å². The zero-order valence-corrected chi connectivity index (χ0v) is 25.8. The number of unbranched alkanes of at least 4 members (excludes halogenated alkanes) is 16. The van der Waals surface area contributed by atoms with Crippen molar-refractivity contribution >= 4 is 22.1 Å². The summed E-state index contributed by atoms with van der Waals surface area (Å²) in [6.07, 6.45) is 22.1. The van der Waals surface area contributed by atoms with Crippen LogP contribution in [0.2, 0.25) is 0 Å². The van der Waals surface area contributed by atoms with Gasteiger partial charge in [0.2, 0.25) is 0 Å². The third kappa shape index (κ3) is 24.0. The van der Waals surface area contributed by atoms with E-state index in [-0.39, 0.29) is 42.8 Å².